The van der Waals surface area contributed by atoms with Gasteiger partial charge in [0.1, 0.15) is 18.1 Å². The molecule has 0 N–H and O–H groups in total. The standard InChI is InChI=1S/C25H24N2O4/c1-27(2)25(29)18-31-23-8-5-6-20(16-23)24(28)14-11-19-9-12-22(13-10-19)30-17-21-7-3-4-15-26-21/h3-16H,17-18H2,1-2H3/b14-11+. The Bertz CT molecular complexity index is 1040. The maximum atomic E-state index is 12.5. The quantitative estimate of drug-likeness (QED) is 0.389. The molecular weight excluding hydrogens is 392 g/mol. The number of ketones is 1. The van der Waals surface area contributed by atoms with Gasteiger partial charge in [0.25, 0.3) is 5.91 Å². The summed E-state index contributed by atoms with van der Waals surface area (Å²) >= 11 is 0. The highest BCUT2D eigenvalue weighted by molar-refractivity contribution is 6.07. The maximum Gasteiger partial charge on any atom is 0.259 e. The summed E-state index contributed by atoms with van der Waals surface area (Å²) in [7, 11) is 3.32. The van der Waals surface area contributed by atoms with E-state index in [-0.39, 0.29) is 18.3 Å². The Morgan fingerprint density at radius 1 is 0.935 bits per heavy atom. The lowest BCUT2D eigenvalue weighted by Gasteiger charge is -2.11. The average Bonchev–Trinajstić information content (AvgIpc) is 2.81. The van der Waals surface area contributed by atoms with Crippen molar-refractivity contribution >= 4 is 17.8 Å². The molecule has 0 saturated carbocycles. The van der Waals surface area contributed by atoms with Gasteiger partial charge in [-0.05, 0) is 48.0 Å². The molecule has 0 fully saturated rings. The Labute approximate surface area is 181 Å². The molecule has 1 amide bonds. The van der Waals surface area contributed by atoms with Gasteiger partial charge in [-0.1, -0.05) is 36.4 Å². The Balaban J connectivity index is 1.55. The van der Waals surface area contributed by atoms with Crippen molar-refractivity contribution in [1.82, 2.24) is 9.88 Å². The Morgan fingerprint density at radius 2 is 1.74 bits per heavy atom. The molecule has 0 bridgehead atoms. The van der Waals surface area contributed by atoms with Gasteiger partial charge in [0.2, 0.25) is 0 Å². The van der Waals surface area contributed by atoms with Crippen molar-refractivity contribution < 1.29 is 19.1 Å². The molecule has 1 aromatic heterocycles. The van der Waals surface area contributed by atoms with E-state index in [1.807, 2.05) is 42.5 Å². The van der Waals surface area contributed by atoms with Crippen molar-refractivity contribution in [2.75, 3.05) is 20.7 Å². The van der Waals surface area contributed by atoms with E-state index in [9.17, 15) is 9.59 Å². The molecule has 1 heterocycles. The molecule has 0 atom stereocenters. The molecule has 3 rings (SSSR count). The topological polar surface area (TPSA) is 68.7 Å². The molecule has 2 aromatic carbocycles. The highest BCUT2D eigenvalue weighted by Crippen LogP contribution is 2.17. The first-order valence-electron chi connectivity index (χ1n) is 9.79. The molecule has 0 aliphatic carbocycles. The first-order chi connectivity index (χ1) is 15.0. The molecule has 0 unspecified atom stereocenters. The van der Waals surface area contributed by atoms with Crippen LogP contribution in [0.15, 0.2) is 79.0 Å². The van der Waals surface area contributed by atoms with Crippen molar-refractivity contribution in [1.29, 1.82) is 0 Å². The lowest BCUT2D eigenvalue weighted by molar-refractivity contribution is -0.130. The number of aromatic nitrogens is 1. The van der Waals surface area contributed by atoms with Gasteiger partial charge in [0.05, 0.1) is 5.69 Å². The number of hydrogen-bond acceptors (Lipinski definition) is 5. The second kappa shape index (κ2) is 10.7. The van der Waals surface area contributed by atoms with Crippen molar-refractivity contribution in [3.05, 3.63) is 95.8 Å². The van der Waals surface area contributed by atoms with Gasteiger partial charge in [0, 0.05) is 25.9 Å². The number of likely N-dealkylation sites (N-methyl/N-ethyl adjacent to an activating group) is 1. The molecule has 0 aliphatic rings. The van der Waals surface area contributed by atoms with Gasteiger partial charge in [0.15, 0.2) is 12.4 Å². The number of benzene rings is 2. The highest BCUT2D eigenvalue weighted by Gasteiger charge is 2.07. The third kappa shape index (κ3) is 6.82. The third-order valence-corrected chi connectivity index (χ3v) is 4.40. The summed E-state index contributed by atoms with van der Waals surface area (Å²) in [5.41, 5.74) is 2.22. The first kappa shape index (κ1) is 21.8. The Hall–Kier alpha value is -3.93. The summed E-state index contributed by atoms with van der Waals surface area (Å²) in [4.78, 5) is 29.8. The molecule has 0 saturated heterocycles. The minimum Gasteiger partial charge on any atom is -0.487 e. The van der Waals surface area contributed by atoms with Crippen LogP contribution in [0, 0.1) is 0 Å². The molecule has 0 spiro atoms. The minimum atomic E-state index is -0.153. The SMILES string of the molecule is CN(C)C(=O)COc1cccc(C(=O)/C=C/c2ccc(OCc3ccccn3)cc2)c1. The van der Waals surface area contributed by atoms with Crippen LogP contribution in [0.4, 0.5) is 0 Å². The number of hydrogen-bond donors (Lipinski definition) is 0. The minimum absolute atomic E-state index is 0.0742. The second-order valence-electron chi connectivity index (χ2n) is 6.98. The number of allylic oxidation sites excluding steroid dienone is 1. The van der Waals surface area contributed by atoms with Crippen LogP contribution in [-0.2, 0) is 11.4 Å². The fraction of sp³-hybridized carbons (Fsp3) is 0.160. The van der Waals surface area contributed by atoms with Crippen molar-refractivity contribution in [3.8, 4) is 11.5 Å². The van der Waals surface area contributed by atoms with E-state index in [2.05, 4.69) is 4.98 Å². The van der Waals surface area contributed by atoms with E-state index >= 15 is 0 Å². The predicted octanol–water partition coefficient (Wildman–Crippen LogP) is 4.02. The van der Waals surface area contributed by atoms with Crippen LogP contribution >= 0.6 is 0 Å². The smallest absolute Gasteiger partial charge is 0.259 e. The summed E-state index contributed by atoms with van der Waals surface area (Å²) in [5, 5.41) is 0. The Morgan fingerprint density at radius 3 is 2.45 bits per heavy atom. The fourth-order valence-corrected chi connectivity index (χ4v) is 2.60. The normalized spacial score (nSPS) is 10.6. The van der Waals surface area contributed by atoms with Crippen LogP contribution in [0.25, 0.3) is 6.08 Å². The molecule has 158 valence electrons. The fourth-order valence-electron chi connectivity index (χ4n) is 2.60. The van der Waals surface area contributed by atoms with E-state index in [0.29, 0.717) is 17.9 Å². The van der Waals surface area contributed by atoms with Crippen LogP contribution in [-0.4, -0.2) is 42.3 Å². The number of amides is 1. The molecule has 6 heteroatoms. The lowest BCUT2D eigenvalue weighted by atomic mass is 10.1. The number of pyridine rings is 1. The van der Waals surface area contributed by atoms with E-state index in [1.54, 1.807) is 50.6 Å². The number of carbonyl (C=O) groups excluding carboxylic acids is 2. The molecule has 3 aromatic rings. The molecular formula is C25H24N2O4. The van der Waals surface area contributed by atoms with Crippen molar-refractivity contribution in [2.24, 2.45) is 0 Å². The van der Waals surface area contributed by atoms with Crippen LogP contribution in [0.1, 0.15) is 21.6 Å². The van der Waals surface area contributed by atoms with Crippen LogP contribution in [0.3, 0.4) is 0 Å². The maximum absolute atomic E-state index is 12.5. The second-order valence-corrected chi connectivity index (χ2v) is 6.98. The summed E-state index contributed by atoms with van der Waals surface area (Å²) < 4.78 is 11.2. The number of ether oxygens (including phenoxy) is 2. The molecule has 6 nitrogen and oxygen atoms in total. The van der Waals surface area contributed by atoms with E-state index in [1.165, 1.54) is 11.0 Å². The van der Waals surface area contributed by atoms with Crippen molar-refractivity contribution in [3.63, 3.8) is 0 Å². The van der Waals surface area contributed by atoms with Crippen LogP contribution in [0.5, 0.6) is 11.5 Å². The summed E-state index contributed by atoms with van der Waals surface area (Å²) in [6.45, 7) is 0.322. The lowest BCUT2D eigenvalue weighted by Crippen LogP contribution is -2.27. The first-order valence-corrected chi connectivity index (χ1v) is 9.79. The van der Waals surface area contributed by atoms with E-state index < -0.39 is 0 Å². The van der Waals surface area contributed by atoms with E-state index in [4.69, 9.17) is 9.47 Å². The predicted molar refractivity (Wildman–Crippen MR) is 119 cm³/mol. The summed E-state index contributed by atoms with van der Waals surface area (Å²) in [5.74, 6) is 0.902. The molecule has 0 radical (unpaired) electrons. The van der Waals surface area contributed by atoms with Crippen LogP contribution < -0.4 is 9.47 Å². The number of carbonyl (C=O) groups is 2. The van der Waals surface area contributed by atoms with Gasteiger partial charge in [-0.15, -0.1) is 0 Å². The monoisotopic (exact) mass is 416 g/mol. The highest BCUT2D eigenvalue weighted by atomic mass is 16.5. The van der Waals surface area contributed by atoms with Gasteiger partial charge in [-0.3, -0.25) is 14.6 Å². The number of rotatable bonds is 9. The zero-order valence-electron chi connectivity index (χ0n) is 17.5. The summed E-state index contributed by atoms with van der Waals surface area (Å²) in [6, 6.07) is 19.9. The zero-order valence-corrected chi connectivity index (χ0v) is 17.5. The third-order valence-electron chi connectivity index (χ3n) is 4.40. The van der Waals surface area contributed by atoms with Gasteiger partial charge in [-0.2, -0.15) is 0 Å². The van der Waals surface area contributed by atoms with Gasteiger partial charge in [-0.25, -0.2) is 0 Å². The largest absolute Gasteiger partial charge is 0.487 e. The van der Waals surface area contributed by atoms with Crippen LogP contribution in [0.2, 0.25) is 0 Å². The summed E-state index contributed by atoms with van der Waals surface area (Å²) in [6.07, 6.45) is 4.98. The van der Waals surface area contributed by atoms with Gasteiger partial charge >= 0.3 is 0 Å². The van der Waals surface area contributed by atoms with Gasteiger partial charge < -0.3 is 14.4 Å². The zero-order chi connectivity index (χ0) is 22.1. The molecule has 31 heavy (non-hydrogen) atoms. The molecule has 0 aliphatic heterocycles. The van der Waals surface area contributed by atoms with Crippen molar-refractivity contribution in [2.45, 2.75) is 6.61 Å². The van der Waals surface area contributed by atoms with E-state index in [0.717, 1.165) is 17.0 Å². The Kier molecular flexibility index (Phi) is 7.54. The number of nitrogens with zero attached hydrogens (tertiary/aromatic N) is 2. The average molecular weight is 416 g/mol.